The van der Waals surface area contributed by atoms with Gasteiger partial charge < -0.3 is 24.3 Å². The van der Waals surface area contributed by atoms with E-state index >= 15 is 0 Å². The average molecular weight is 359 g/mol. The summed E-state index contributed by atoms with van der Waals surface area (Å²) in [6.45, 7) is 1.11. The van der Waals surface area contributed by atoms with Crippen molar-refractivity contribution >= 4 is 17.6 Å². The molecular formula is C19H21NO6. The minimum absolute atomic E-state index is 0.418. The average Bonchev–Trinajstić information content (AvgIpc) is 2.66. The number of rotatable bonds is 8. The third-order valence-electron chi connectivity index (χ3n) is 3.41. The SMILES string of the molecule is COc1ccc(OC)c(NC(=O)COC(=O)[C@H](C)Oc2ccccc2)c1. The van der Waals surface area contributed by atoms with Crippen molar-refractivity contribution in [1.82, 2.24) is 0 Å². The summed E-state index contributed by atoms with van der Waals surface area (Å²) in [5, 5.41) is 2.62. The second-order valence-corrected chi connectivity index (χ2v) is 5.30. The van der Waals surface area contributed by atoms with E-state index in [1.54, 1.807) is 49.4 Å². The normalized spacial score (nSPS) is 11.2. The fourth-order valence-electron chi connectivity index (χ4n) is 2.10. The molecular weight excluding hydrogens is 338 g/mol. The lowest BCUT2D eigenvalue weighted by atomic mass is 10.2. The van der Waals surface area contributed by atoms with Crippen molar-refractivity contribution in [3.05, 3.63) is 48.5 Å². The number of anilines is 1. The van der Waals surface area contributed by atoms with Gasteiger partial charge in [0.05, 0.1) is 19.9 Å². The Labute approximate surface area is 151 Å². The van der Waals surface area contributed by atoms with Gasteiger partial charge in [-0.25, -0.2) is 4.79 Å². The summed E-state index contributed by atoms with van der Waals surface area (Å²) in [6.07, 6.45) is -0.837. The fraction of sp³-hybridized carbons (Fsp3) is 0.263. The summed E-state index contributed by atoms with van der Waals surface area (Å²) < 4.78 is 20.7. The van der Waals surface area contributed by atoms with Crippen molar-refractivity contribution in [2.45, 2.75) is 13.0 Å². The Kier molecular flexibility index (Phi) is 6.84. The Morgan fingerprint density at radius 1 is 1.00 bits per heavy atom. The van der Waals surface area contributed by atoms with E-state index in [1.807, 2.05) is 6.07 Å². The highest BCUT2D eigenvalue weighted by atomic mass is 16.6. The van der Waals surface area contributed by atoms with Gasteiger partial charge in [-0.1, -0.05) is 18.2 Å². The number of amides is 1. The fourth-order valence-corrected chi connectivity index (χ4v) is 2.10. The zero-order valence-electron chi connectivity index (χ0n) is 14.9. The van der Waals surface area contributed by atoms with Gasteiger partial charge in [0.2, 0.25) is 0 Å². The van der Waals surface area contributed by atoms with Gasteiger partial charge in [0, 0.05) is 6.07 Å². The van der Waals surface area contributed by atoms with Gasteiger partial charge in [-0.15, -0.1) is 0 Å². The van der Waals surface area contributed by atoms with Crippen LogP contribution in [0.5, 0.6) is 17.2 Å². The molecule has 1 N–H and O–H groups in total. The molecule has 0 spiro atoms. The van der Waals surface area contributed by atoms with Gasteiger partial charge in [-0.05, 0) is 31.2 Å². The van der Waals surface area contributed by atoms with E-state index in [4.69, 9.17) is 18.9 Å². The first-order valence-electron chi connectivity index (χ1n) is 7.93. The second kappa shape index (κ2) is 9.31. The minimum atomic E-state index is -0.837. The molecule has 0 unspecified atom stereocenters. The van der Waals surface area contributed by atoms with Crippen LogP contribution in [0.1, 0.15) is 6.92 Å². The lowest BCUT2D eigenvalue weighted by molar-refractivity contribution is -0.153. The van der Waals surface area contributed by atoms with Gasteiger partial charge in [-0.2, -0.15) is 0 Å². The Morgan fingerprint density at radius 3 is 2.38 bits per heavy atom. The summed E-state index contributed by atoms with van der Waals surface area (Å²) >= 11 is 0. The van der Waals surface area contributed by atoms with E-state index in [9.17, 15) is 9.59 Å². The lowest BCUT2D eigenvalue weighted by Crippen LogP contribution is -2.29. The van der Waals surface area contributed by atoms with Gasteiger partial charge in [0.1, 0.15) is 17.2 Å². The summed E-state index contributed by atoms with van der Waals surface area (Å²) in [4.78, 5) is 24.0. The van der Waals surface area contributed by atoms with Gasteiger partial charge >= 0.3 is 5.97 Å². The van der Waals surface area contributed by atoms with Crippen LogP contribution in [-0.2, 0) is 14.3 Å². The predicted molar refractivity (Wildman–Crippen MR) is 95.7 cm³/mol. The maximum Gasteiger partial charge on any atom is 0.347 e. The molecule has 0 aliphatic rings. The molecule has 7 heteroatoms. The van der Waals surface area contributed by atoms with Crippen LogP contribution in [0.15, 0.2) is 48.5 Å². The molecule has 138 valence electrons. The van der Waals surface area contributed by atoms with Crippen molar-refractivity contribution < 1.29 is 28.5 Å². The highest BCUT2D eigenvalue weighted by Crippen LogP contribution is 2.28. The zero-order valence-corrected chi connectivity index (χ0v) is 14.9. The van der Waals surface area contributed by atoms with Crippen LogP contribution in [0, 0.1) is 0 Å². The molecule has 7 nitrogen and oxygen atoms in total. The molecule has 2 aromatic carbocycles. The smallest absolute Gasteiger partial charge is 0.347 e. The Morgan fingerprint density at radius 2 is 1.73 bits per heavy atom. The van der Waals surface area contributed by atoms with Crippen LogP contribution >= 0.6 is 0 Å². The summed E-state index contributed by atoms with van der Waals surface area (Å²) in [5.74, 6) is 0.426. The Bertz CT molecular complexity index is 747. The number of esters is 1. The second-order valence-electron chi connectivity index (χ2n) is 5.30. The number of methoxy groups -OCH3 is 2. The molecule has 2 rings (SSSR count). The number of benzene rings is 2. The standard InChI is InChI=1S/C19H21NO6/c1-13(26-14-7-5-4-6-8-14)19(22)25-12-18(21)20-16-11-15(23-2)9-10-17(16)24-3/h4-11,13H,12H2,1-3H3,(H,20,21)/t13-/m0/s1. The molecule has 0 aliphatic heterocycles. The topological polar surface area (TPSA) is 83.1 Å². The highest BCUT2D eigenvalue weighted by molar-refractivity contribution is 5.94. The Balaban J connectivity index is 1.87. The molecule has 0 aliphatic carbocycles. The molecule has 0 fully saturated rings. The maximum absolute atomic E-state index is 12.0. The van der Waals surface area contributed by atoms with Crippen molar-refractivity contribution in [3.8, 4) is 17.2 Å². The zero-order chi connectivity index (χ0) is 18.9. The molecule has 0 heterocycles. The van der Waals surface area contributed by atoms with Crippen molar-refractivity contribution in [1.29, 1.82) is 0 Å². The molecule has 0 saturated heterocycles. The Hall–Kier alpha value is -3.22. The first-order chi connectivity index (χ1) is 12.5. The molecule has 2 aromatic rings. The molecule has 0 saturated carbocycles. The summed E-state index contributed by atoms with van der Waals surface area (Å²) in [7, 11) is 3.00. The number of para-hydroxylation sites is 1. The van der Waals surface area contributed by atoms with E-state index in [0.29, 0.717) is 22.9 Å². The number of ether oxygens (including phenoxy) is 4. The maximum atomic E-state index is 12.0. The molecule has 0 aromatic heterocycles. The minimum Gasteiger partial charge on any atom is -0.497 e. The van der Waals surface area contributed by atoms with Crippen LogP contribution in [0.25, 0.3) is 0 Å². The predicted octanol–water partition coefficient (Wildman–Crippen LogP) is 2.65. The van der Waals surface area contributed by atoms with Crippen molar-refractivity contribution in [2.24, 2.45) is 0 Å². The molecule has 1 atom stereocenters. The lowest BCUT2D eigenvalue weighted by Gasteiger charge is -2.14. The van der Waals surface area contributed by atoms with Gasteiger partial charge in [0.15, 0.2) is 12.7 Å². The van der Waals surface area contributed by atoms with Crippen molar-refractivity contribution in [2.75, 3.05) is 26.1 Å². The molecule has 0 bridgehead atoms. The summed E-state index contributed by atoms with van der Waals surface area (Å²) in [6, 6.07) is 13.9. The third kappa shape index (κ3) is 5.41. The number of nitrogens with one attached hydrogen (secondary N) is 1. The monoisotopic (exact) mass is 359 g/mol. The third-order valence-corrected chi connectivity index (χ3v) is 3.41. The van der Waals surface area contributed by atoms with Gasteiger partial charge in [-0.3, -0.25) is 4.79 Å². The highest BCUT2D eigenvalue weighted by Gasteiger charge is 2.18. The largest absolute Gasteiger partial charge is 0.497 e. The molecule has 0 radical (unpaired) electrons. The van der Waals surface area contributed by atoms with E-state index in [2.05, 4.69) is 5.32 Å². The molecule has 26 heavy (non-hydrogen) atoms. The van der Waals surface area contributed by atoms with Gasteiger partial charge in [0.25, 0.3) is 5.91 Å². The first-order valence-corrected chi connectivity index (χ1v) is 7.93. The van der Waals surface area contributed by atoms with Crippen LogP contribution in [-0.4, -0.2) is 38.8 Å². The quantitative estimate of drug-likeness (QED) is 0.730. The summed E-state index contributed by atoms with van der Waals surface area (Å²) in [5.41, 5.74) is 0.418. The van der Waals surface area contributed by atoms with E-state index in [0.717, 1.165) is 0 Å². The van der Waals surface area contributed by atoms with E-state index in [-0.39, 0.29) is 0 Å². The van der Waals surface area contributed by atoms with Crippen LogP contribution in [0.4, 0.5) is 5.69 Å². The number of carbonyl (C=O) groups excluding carboxylic acids is 2. The van der Waals surface area contributed by atoms with Crippen LogP contribution < -0.4 is 19.5 Å². The van der Waals surface area contributed by atoms with Crippen LogP contribution in [0.2, 0.25) is 0 Å². The van der Waals surface area contributed by atoms with E-state index < -0.39 is 24.6 Å². The van der Waals surface area contributed by atoms with E-state index in [1.165, 1.54) is 14.2 Å². The molecule has 1 amide bonds. The number of hydrogen-bond acceptors (Lipinski definition) is 6. The number of carbonyl (C=O) groups is 2. The number of hydrogen-bond donors (Lipinski definition) is 1. The van der Waals surface area contributed by atoms with Crippen LogP contribution in [0.3, 0.4) is 0 Å². The van der Waals surface area contributed by atoms with Crippen molar-refractivity contribution in [3.63, 3.8) is 0 Å². The first kappa shape index (κ1) is 19.1.